The second kappa shape index (κ2) is 9.75. The molecule has 0 spiro atoms. The highest BCUT2D eigenvalue weighted by Crippen LogP contribution is 2.36. The number of H-pyrrole nitrogens is 2. The Morgan fingerprint density at radius 3 is 2.82 bits per heavy atom. The first-order valence-corrected chi connectivity index (χ1v) is 12.9. The lowest BCUT2D eigenvalue weighted by molar-refractivity contribution is -0.116. The van der Waals surface area contributed by atoms with Crippen LogP contribution in [0.15, 0.2) is 55.0 Å². The molecule has 0 fully saturated rings. The van der Waals surface area contributed by atoms with E-state index in [9.17, 15) is 9.18 Å². The molecule has 11 heteroatoms. The summed E-state index contributed by atoms with van der Waals surface area (Å²) in [6.07, 6.45) is 6.79. The number of carbonyl (C=O) groups excluding carboxylic acids is 1. The number of pyridine rings is 2. The maximum atomic E-state index is 16.0. The Morgan fingerprint density at radius 2 is 2.00 bits per heavy atom. The third-order valence-electron chi connectivity index (χ3n) is 6.21. The molecule has 0 saturated carbocycles. The van der Waals surface area contributed by atoms with Gasteiger partial charge in [0.05, 0.1) is 28.3 Å². The van der Waals surface area contributed by atoms with Crippen LogP contribution in [0.5, 0.6) is 0 Å². The first-order valence-electron chi connectivity index (χ1n) is 12.0. The summed E-state index contributed by atoms with van der Waals surface area (Å²) in [5.41, 5.74) is 3.86. The number of unbranched alkanes of at least 4 members (excludes halogenated alkanes) is 1. The number of nitrogens with one attached hydrogen (secondary N) is 3. The summed E-state index contributed by atoms with van der Waals surface area (Å²) < 4.78 is 29.7. The summed E-state index contributed by atoms with van der Waals surface area (Å²) >= 11 is 1.02. The number of benzene rings is 1. The smallest absolute Gasteiger partial charge is 0.224 e. The van der Waals surface area contributed by atoms with E-state index in [1.54, 1.807) is 42.7 Å². The number of rotatable bonds is 7. The van der Waals surface area contributed by atoms with Crippen molar-refractivity contribution in [3.8, 4) is 33.1 Å². The lowest BCUT2D eigenvalue weighted by Crippen LogP contribution is -2.11. The van der Waals surface area contributed by atoms with Crippen LogP contribution in [0.1, 0.15) is 26.2 Å². The van der Waals surface area contributed by atoms with Crippen LogP contribution in [0.3, 0.4) is 0 Å². The Hall–Kier alpha value is -4.51. The van der Waals surface area contributed by atoms with E-state index in [4.69, 9.17) is 0 Å². The molecular formula is C27H21F2N7OS. The summed E-state index contributed by atoms with van der Waals surface area (Å²) in [4.78, 5) is 29.1. The first kappa shape index (κ1) is 23.9. The molecule has 0 aliphatic carbocycles. The van der Waals surface area contributed by atoms with Crippen LogP contribution in [0, 0.1) is 10.9 Å². The van der Waals surface area contributed by atoms with Crippen molar-refractivity contribution in [3.63, 3.8) is 0 Å². The Morgan fingerprint density at radius 1 is 1.11 bits per heavy atom. The van der Waals surface area contributed by atoms with Gasteiger partial charge in [-0.2, -0.15) is 9.49 Å². The molecule has 5 aromatic heterocycles. The number of carbonyl (C=O) groups is 1. The predicted octanol–water partition coefficient (Wildman–Crippen LogP) is 6.70. The lowest BCUT2D eigenvalue weighted by atomic mass is 10.0. The number of imidazole rings is 1. The zero-order valence-electron chi connectivity index (χ0n) is 20.2. The standard InChI is InChI=1S/C27H21F2N7OS/c1-2-3-4-21(37)32-15-11-14(12-30-13-15)16-5-6-18-22(23(16)29)25(36-35-18)27-33-24-17(9-10-31-26(24)34-27)19-7-8-20(28)38-19/h5-13H,2-4H2,1H3,(H,32,37)(H,35,36)(H,31,33,34). The van der Waals surface area contributed by atoms with Crippen molar-refractivity contribution in [2.45, 2.75) is 26.2 Å². The van der Waals surface area contributed by atoms with Crippen molar-refractivity contribution in [3.05, 3.63) is 65.9 Å². The van der Waals surface area contributed by atoms with Gasteiger partial charge < -0.3 is 10.3 Å². The van der Waals surface area contributed by atoms with Crippen molar-refractivity contribution < 1.29 is 13.6 Å². The van der Waals surface area contributed by atoms with Crippen LogP contribution in [0.4, 0.5) is 14.5 Å². The second-order valence-corrected chi connectivity index (χ2v) is 9.82. The van der Waals surface area contributed by atoms with Crippen molar-refractivity contribution in [2.75, 3.05) is 5.32 Å². The molecule has 6 aromatic rings. The minimum atomic E-state index is -0.503. The quantitative estimate of drug-likeness (QED) is 0.213. The lowest BCUT2D eigenvalue weighted by Gasteiger charge is -2.08. The van der Waals surface area contributed by atoms with Gasteiger partial charge in [0.15, 0.2) is 16.6 Å². The average Bonchev–Trinajstić information content (AvgIpc) is 3.65. The van der Waals surface area contributed by atoms with Crippen LogP contribution < -0.4 is 5.32 Å². The second-order valence-electron chi connectivity index (χ2n) is 8.78. The van der Waals surface area contributed by atoms with E-state index in [-0.39, 0.29) is 22.1 Å². The number of thiophene rings is 1. The summed E-state index contributed by atoms with van der Waals surface area (Å²) in [5.74, 6) is -0.284. The third-order valence-corrected chi connectivity index (χ3v) is 7.12. The van der Waals surface area contributed by atoms with E-state index in [0.717, 1.165) is 34.6 Å². The number of fused-ring (bicyclic) bond motifs is 2. The molecule has 0 atom stereocenters. The summed E-state index contributed by atoms with van der Waals surface area (Å²) in [6.45, 7) is 2.02. The van der Waals surface area contributed by atoms with Crippen LogP contribution >= 0.6 is 11.3 Å². The van der Waals surface area contributed by atoms with Crippen LogP contribution in [0.25, 0.3) is 55.2 Å². The summed E-state index contributed by atoms with van der Waals surface area (Å²) in [5, 5.41) is 9.98. The van der Waals surface area contributed by atoms with Crippen LogP contribution in [-0.4, -0.2) is 36.0 Å². The molecule has 0 aliphatic heterocycles. The molecule has 1 aromatic carbocycles. The van der Waals surface area contributed by atoms with Gasteiger partial charge in [-0.3, -0.25) is 14.9 Å². The number of amides is 1. The number of hydrogen-bond acceptors (Lipinski definition) is 6. The molecule has 38 heavy (non-hydrogen) atoms. The molecule has 0 aliphatic rings. The number of aromatic nitrogens is 6. The van der Waals surface area contributed by atoms with Gasteiger partial charge in [-0.05, 0) is 42.8 Å². The Balaban J connectivity index is 1.41. The maximum absolute atomic E-state index is 16.0. The fourth-order valence-corrected chi connectivity index (χ4v) is 5.13. The number of nitrogens with zero attached hydrogens (tertiary/aromatic N) is 4. The normalized spacial score (nSPS) is 11.4. The maximum Gasteiger partial charge on any atom is 0.224 e. The molecule has 5 heterocycles. The van der Waals surface area contributed by atoms with Crippen LogP contribution in [-0.2, 0) is 4.79 Å². The van der Waals surface area contributed by atoms with Crippen molar-refractivity contribution in [1.29, 1.82) is 0 Å². The van der Waals surface area contributed by atoms with Gasteiger partial charge in [0.25, 0.3) is 0 Å². The van der Waals surface area contributed by atoms with Gasteiger partial charge in [-0.25, -0.2) is 14.4 Å². The molecular weight excluding hydrogens is 508 g/mol. The molecule has 0 saturated heterocycles. The monoisotopic (exact) mass is 529 g/mol. The molecule has 6 rings (SSSR count). The van der Waals surface area contributed by atoms with Crippen LogP contribution in [0.2, 0.25) is 0 Å². The van der Waals surface area contributed by atoms with E-state index in [1.165, 1.54) is 12.3 Å². The molecule has 190 valence electrons. The van der Waals surface area contributed by atoms with Gasteiger partial charge in [-0.1, -0.05) is 13.3 Å². The Labute approximate surface area is 219 Å². The highest BCUT2D eigenvalue weighted by molar-refractivity contribution is 7.14. The minimum Gasteiger partial charge on any atom is -0.335 e. The molecule has 0 bridgehead atoms. The number of halogens is 2. The first-order chi connectivity index (χ1) is 18.5. The van der Waals surface area contributed by atoms with Crippen molar-refractivity contribution in [2.24, 2.45) is 0 Å². The zero-order chi connectivity index (χ0) is 26.2. The number of aromatic amines is 2. The SMILES string of the molecule is CCCCC(=O)Nc1cncc(-c2ccc3[nH]nc(-c4nc5nccc(-c6ccc(F)s6)c5[nH]4)c3c2F)c1. The van der Waals surface area contributed by atoms with Gasteiger partial charge in [0, 0.05) is 40.4 Å². The molecule has 8 nitrogen and oxygen atoms in total. The third kappa shape index (κ3) is 4.30. The van der Waals surface area contributed by atoms with E-state index >= 15 is 4.39 Å². The van der Waals surface area contributed by atoms with E-state index in [2.05, 4.69) is 35.5 Å². The van der Waals surface area contributed by atoms with Gasteiger partial charge in [0.2, 0.25) is 5.91 Å². The van der Waals surface area contributed by atoms with Crippen molar-refractivity contribution in [1.82, 2.24) is 30.1 Å². The van der Waals surface area contributed by atoms with Gasteiger partial charge in [0.1, 0.15) is 11.5 Å². The molecule has 0 unspecified atom stereocenters. The molecule has 3 N–H and O–H groups in total. The van der Waals surface area contributed by atoms with Crippen molar-refractivity contribution >= 4 is 45.0 Å². The highest BCUT2D eigenvalue weighted by Gasteiger charge is 2.21. The fourth-order valence-electron chi connectivity index (χ4n) is 4.37. The molecule has 0 radical (unpaired) electrons. The van der Waals surface area contributed by atoms with E-state index in [1.807, 2.05) is 6.92 Å². The highest BCUT2D eigenvalue weighted by atomic mass is 32.1. The minimum absolute atomic E-state index is 0.109. The average molecular weight is 530 g/mol. The van der Waals surface area contributed by atoms with E-state index < -0.39 is 5.82 Å². The zero-order valence-corrected chi connectivity index (χ0v) is 21.0. The number of hydrogen-bond donors (Lipinski definition) is 3. The largest absolute Gasteiger partial charge is 0.335 e. The predicted molar refractivity (Wildman–Crippen MR) is 144 cm³/mol. The summed E-state index contributed by atoms with van der Waals surface area (Å²) in [7, 11) is 0. The van der Waals surface area contributed by atoms with Gasteiger partial charge in [-0.15, -0.1) is 11.3 Å². The topological polar surface area (TPSA) is 112 Å². The Kier molecular flexibility index (Phi) is 6.12. The van der Waals surface area contributed by atoms with Gasteiger partial charge >= 0.3 is 0 Å². The van der Waals surface area contributed by atoms with E-state index in [0.29, 0.717) is 45.7 Å². The molecule has 1 amide bonds. The number of anilines is 1. The fraction of sp³-hybridized carbons (Fsp3) is 0.148. The summed E-state index contributed by atoms with van der Waals surface area (Å²) in [6, 6.07) is 9.94. The Bertz CT molecular complexity index is 1810.